The quantitative estimate of drug-likeness (QED) is 0.648. The van der Waals surface area contributed by atoms with Gasteiger partial charge < -0.3 is 14.4 Å². The van der Waals surface area contributed by atoms with Crippen molar-refractivity contribution in [2.75, 3.05) is 6.61 Å². The van der Waals surface area contributed by atoms with E-state index in [1.807, 2.05) is 45.0 Å². The highest BCUT2D eigenvalue weighted by molar-refractivity contribution is 6.08. The Morgan fingerprint density at radius 1 is 1.26 bits per heavy atom. The Balaban J connectivity index is 1.78. The molecule has 0 spiro atoms. The van der Waals surface area contributed by atoms with E-state index in [0.29, 0.717) is 12.3 Å². The summed E-state index contributed by atoms with van der Waals surface area (Å²) in [6.07, 6.45) is -0.673. The number of carbonyl (C=O) groups excluding carboxylic acids is 1. The molecule has 0 aliphatic carbocycles. The average molecular weight is 369 g/mol. The van der Waals surface area contributed by atoms with E-state index in [1.165, 1.54) is 0 Å². The molecule has 0 saturated carbocycles. The van der Waals surface area contributed by atoms with Crippen molar-refractivity contribution in [2.24, 2.45) is 0 Å². The molecule has 0 fully saturated rings. The molecule has 6 heteroatoms. The number of aromatic nitrogens is 3. The molecule has 3 rings (SSSR count). The summed E-state index contributed by atoms with van der Waals surface area (Å²) in [6, 6.07) is 7.72. The molecule has 0 aliphatic rings. The van der Waals surface area contributed by atoms with Crippen molar-refractivity contribution in [1.29, 1.82) is 0 Å². The number of Topliss-reactive ketones (excluding diaryl/α,β-unsaturated/α-hetero) is 1. The van der Waals surface area contributed by atoms with Crippen LogP contribution in [-0.2, 0) is 13.1 Å². The van der Waals surface area contributed by atoms with Gasteiger partial charge in [0.25, 0.3) is 0 Å². The van der Waals surface area contributed by atoms with E-state index in [1.54, 1.807) is 11.6 Å². The third kappa shape index (κ3) is 3.76. The first-order chi connectivity index (χ1) is 12.8. The molecule has 0 radical (unpaired) electrons. The average Bonchev–Trinajstić information content (AvgIpc) is 3.07. The van der Waals surface area contributed by atoms with Crippen molar-refractivity contribution < 1.29 is 14.6 Å². The standard InChI is InChI=1S/C21H27N3O3/c1-6-23-15(4)21(16(5)25)19-10-18(7-8-20(19)23)27-12-17(26)11-24-14(3)9-13(2)22-24/h7-10,17,26H,6,11-12H2,1-5H3. The van der Waals surface area contributed by atoms with Gasteiger partial charge in [-0.2, -0.15) is 5.10 Å². The number of ether oxygens (including phenoxy) is 1. The molecule has 6 nitrogen and oxygen atoms in total. The smallest absolute Gasteiger partial charge is 0.162 e. The Hall–Kier alpha value is -2.60. The van der Waals surface area contributed by atoms with Gasteiger partial charge >= 0.3 is 0 Å². The number of aliphatic hydroxyl groups excluding tert-OH is 1. The van der Waals surface area contributed by atoms with Crippen LogP contribution in [0.3, 0.4) is 0 Å². The van der Waals surface area contributed by atoms with E-state index >= 15 is 0 Å². The molecule has 3 aromatic rings. The van der Waals surface area contributed by atoms with Crippen molar-refractivity contribution in [1.82, 2.24) is 14.3 Å². The second kappa shape index (κ2) is 7.56. The summed E-state index contributed by atoms with van der Waals surface area (Å²) >= 11 is 0. The molecule has 144 valence electrons. The van der Waals surface area contributed by atoms with Crippen LogP contribution in [-0.4, -0.2) is 37.9 Å². The number of aliphatic hydroxyl groups is 1. The highest BCUT2D eigenvalue weighted by atomic mass is 16.5. The fraction of sp³-hybridized carbons (Fsp3) is 0.429. The lowest BCUT2D eigenvalue weighted by Gasteiger charge is -2.14. The van der Waals surface area contributed by atoms with Gasteiger partial charge in [0, 0.05) is 34.4 Å². The zero-order valence-electron chi connectivity index (χ0n) is 16.6. The molecule has 0 bridgehead atoms. The van der Waals surface area contributed by atoms with Crippen LogP contribution in [0.4, 0.5) is 0 Å². The number of carbonyl (C=O) groups is 1. The van der Waals surface area contributed by atoms with Gasteiger partial charge in [-0.15, -0.1) is 0 Å². The van der Waals surface area contributed by atoms with Crippen LogP contribution in [0.25, 0.3) is 10.9 Å². The van der Waals surface area contributed by atoms with Crippen LogP contribution >= 0.6 is 0 Å². The predicted molar refractivity (Wildman–Crippen MR) is 106 cm³/mol. The second-order valence-corrected chi connectivity index (χ2v) is 7.01. The molecular formula is C21H27N3O3. The monoisotopic (exact) mass is 369 g/mol. The number of hydrogen-bond acceptors (Lipinski definition) is 4. The zero-order valence-corrected chi connectivity index (χ0v) is 16.6. The maximum Gasteiger partial charge on any atom is 0.162 e. The molecule has 1 unspecified atom stereocenters. The number of benzene rings is 1. The van der Waals surface area contributed by atoms with E-state index in [-0.39, 0.29) is 12.4 Å². The van der Waals surface area contributed by atoms with E-state index in [0.717, 1.165) is 40.1 Å². The lowest BCUT2D eigenvalue weighted by Crippen LogP contribution is -2.24. The maximum atomic E-state index is 12.1. The van der Waals surface area contributed by atoms with Crippen molar-refractivity contribution in [3.63, 3.8) is 0 Å². The van der Waals surface area contributed by atoms with Gasteiger partial charge in [-0.25, -0.2) is 0 Å². The number of ketones is 1. The number of aryl methyl sites for hydroxylation is 3. The van der Waals surface area contributed by atoms with E-state index in [4.69, 9.17) is 4.74 Å². The molecule has 0 amide bonds. The van der Waals surface area contributed by atoms with E-state index in [9.17, 15) is 9.90 Å². The maximum absolute atomic E-state index is 12.1. The normalized spacial score (nSPS) is 12.5. The topological polar surface area (TPSA) is 69.3 Å². The minimum atomic E-state index is -0.673. The largest absolute Gasteiger partial charge is 0.491 e. The molecule has 1 atom stereocenters. The highest BCUT2D eigenvalue weighted by Gasteiger charge is 2.17. The summed E-state index contributed by atoms with van der Waals surface area (Å²) in [4.78, 5) is 12.1. The predicted octanol–water partition coefficient (Wildman–Crippen LogP) is 3.43. The van der Waals surface area contributed by atoms with Crippen LogP contribution in [0.15, 0.2) is 24.3 Å². The SMILES string of the molecule is CCn1c(C)c(C(C)=O)c2cc(OCC(O)Cn3nc(C)cc3C)ccc21. The Bertz CT molecular complexity index is 984. The number of fused-ring (bicyclic) bond motifs is 1. The number of rotatable bonds is 7. The van der Waals surface area contributed by atoms with Gasteiger partial charge in [-0.05, 0) is 58.9 Å². The Kier molecular flexibility index (Phi) is 5.37. The van der Waals surface area contributed by atoms with Crippen molar-refractivity contribution in [3.8, 4) is 5.75 Å². The molecule has 27 heavy (non-hydrogen) atoms. The summed E-state index contributed by atoms with van der Waals surface area (Å²) in [5.41, 5.74) is 4.67. The molecule has 1 aromatic carbocycles. The molecule has 1 N–H and O–H groups in total. The van der Waals surface area contributed by atoms with Crippen LogP contribution in [0, 0.1) is 20.8 Å². The second-order valence-electron chi connectivity index (χ2n) is 7.01. The Morgan fingerprint density at radius 3 is 2.59 bits per heavy atom. The van der Waals surface area contributed by atoms with Crippen LogP contribution < -0.4 is 4.74 Å². The summed E-state index contributed by atoms with van der Waals surface area (Å²) in [5.74, 6) is 0.692. The van der Waals surface area contributed by atoms with Gasteiger partial charge in [0.1, 0.15) is 18.5 Å². The van der Waals surface area contributed by atoms with Gasteiger partial charge in [-0.3, -0.25) is 9.48 Å². The summed E-state index contributed by atoms with van der Waals surface area (Å²) in [6.45, 7) is 10.9. The van der Waals surface area contributed by atoms with E-state index < -0.39 is 6.10 Å². The molecular weight excluding hydrogens is 342 g/mol. The summed E-state index contributed by atoms with van der Waals surface area (Å²) in [7, 11) is 0. The van der Waals surface area contributed by atoms with Gasteiger partial charge in [0.05, 0.1) is 12.2 Å². The first-order valence-corrected chi connectivity index (χ1v) is 9.27. The Labute approximate surface area is 159 Å². The third-order valence-corrected chi connectivity index (χ3v) is 4.89. The zero-order chi connectivity index (χ0) is 19.7. The van der Waals surface area contributed by atoms with Crippen LogP contribution in [0.2, 0.25) is 0 Å². The van der Waals surface area contributed by atoms with Crippen molar-refractivity contribution >= 4 is 16.7 Å². The van der Waals surface area contributed by atoms with Crippen LogP contribution in [0.1, 0.15) is 41.3 Å². The van der Waals surface area contributed by atoms with Crippen molar-refractivity contribution in [3.05, 3.63) is 46.9 Å². The highest BCUT2D eigenvalue weighted by Crippen LogP contribution is 2.30. The first kappa shape index (κ1) is 19.2. The van der Waals surface area contributed by atoms with Crippen molar-refractivity contribution in [2.45, 2.75) is 53.8 Å². The fourth-order valence-corrected chi connectivity index (χ4v) is 3.71. The molecule has 0 saturated heterocycles. The van der Waals surface area contributed by atoms with Crippen LogP contribution in [0.5, 0.6) is 5.75 Å². The molecule has 0 aliphatic heterocycles. The lowest BCUT2D eigenvalue weighted by atomic mass is 10.1. The first-order valence-electron chi connectivity index (χ1n) is 9.27. The van der Waals surface area contributed by atoms with Gasteiger partial charge in [0.15, 0.2) is 5.78 Å². The minimum Gasteiger partial charge on any atom is -0.491 e. The molecule has 2 aromatic heterocycles. The Morgan fingerprint density at radius 2 is 2.00 bits per heavy atom. The van der Waals surface area contributed by atoms with Gasteiger partial charge in [-0.1, -0.05) is 0 Å². The molecule has 2 heterocycles. The summed E-state index contributed by atoms with van der Waals surface area (Å²) < 4.78 is 9.72. The van der Waals surface area contributed by atoms with E-state index in [2.05, 4.69) is 16.6 Å². The summed E-state index contributed by atoms with van der Waals surface area (Å²) in [5, 5.41) is 15.6. The lowest BCUT2D eigenvalue weighted by molar-refractivity contribution is 0.0887. The third-order valence-electron chi connectivity index (χ3n) is 4.89. The number of hydrogen-bond donors (Lipinski definition) is 1. The fourth-order valence-electron chi connectivity index (χ4n) is 3.71. The minimum absolute atomic E-state index is 0.0476. The van der Waals surface area contributed by atoms with Gasteiger partial charge in [0.2, 0.25) is 0 Å². The number of nitrogens with zero attached hydrogens (tertiary/aromatic N) is 3.